The number of amides is 1. The summed E-state index contributed by atoms with van der Waals surface area (Å²) in [4.78, 5) is 37.5. The first-order valence-electron chi connectivity index (χ1n) is 9.78. The smallest absolute Gasteiger partial charge is 0.338 e. The van der Waals surface area contributed by atoms with Gasteiger partial charge in [-0.15, -0.1) is 0 Å². The highest BCUT2D eigenvalue weighted by molar-refractivity contribution is 6.01. The van der Waals surface area contributed by atoms with Gasteiger partial charge in [0.25, 0.3) is 5.69 Å². The maximum atomic E-state index is 13.2. The summed E-state index contributed by atoms with van der Waals surface area (Å²) in [6.45, 7) is 4.02. The molecule has 2 aliphatic heterocycles. The van der Waals surface area contributed by atoms with Crippen LogP contribution in [0.4, 0.5) is 11.4 Å². The van der Waals surface area contributed by atoms with E-state index in [1.165, 1.54) is 12.1 Å². The number of carbonyl (C=O) groups excluding carboxylic acids is 2. The van der Waals surface area contributed by atoms with E-state index in [0.29, 0.717) is 11.3 Å². The van der Waals surface area contributed by atoms with Crippen molar-refractivity contribution >= 4 is 23.3 Å². The number of nitrogens with one attached hydrogen (secondary N) is 2. The fourth-order valence-corrected chi connectivity index (χ4v) is 4.27. The minimum atomic E-state index is -0.445. The lowest BCUT2D eigenvalue weighted by molar-refractivity contribution is -0.384. The Labute approximate surface area is 173 Å². The number of nitro benzene ring substituents is 1. The number of rotatable bonds is 5. The molecule has 2 fully saturated rings. The molecule has 9 heteroatoms. The molecule has 2 aliphatic rings. The van der Waals surface area contributed by atoms with Gasteiger partial charge in [0.15, 0.2) is 0 Å². The molecule has 0 spiro atoms. The van der Waals surface area contributed by atoms with Gasteiger partial charge in [-0.25, -0.2) is 10.2 Å². The third kappa shape index (κ3) is 3.31. The molecule has 2 heterocycles. The molecule has 2 aromatic rings. The van der Waals surface area contributed by atoms with Crippen LogP contribution in [-0.2, 0) is 9.53 Å². The largest absolute Gasteiger partial charge is 0.462 e. The van der Waals surface area contributed by atoms with Crippen molar-refractivity contribution < 1.29 is 19.2 Å². The molecule has 0 saturated carbocycles. The Hall–Kier alpha value is -3.30. The number of hydrazine groups is 1. The summed E-state index contributed by atoms with van der Waals surface area (Å²) in [5.74, 6) is -0.576. The van der Waals surface area contributed by atoms with Gasteiger partial charge >= 0.3 is 5.97 Å². The number of carbonyl (C=O) groups is 2. The van der Waals surface area contributed by atoms with Crippen LogP contribution in [0.2, 0.25) is 0 Å². The number of ether oxygens (including phenoxy) is 1. The average Bonchev–Trinajstić information content (AvgIpc) is 3.26. The quantitative estimate of drug-likeness (QED) is 0.442. The predicted octanol–water partition coefficient (Wildman–Crippen LogP) is 2.34. The second-order valence-electron chi connectivity index (χ2n) is 7.40. The molecular weight excluding hydrogens is 388 g/mol. The second-order valence-corrected chi connectivity index (χ2v) is 7.40. The molecule has 9 nitrogen and oxygen atoms in total. The molecule has 4 rings (SSSR count). The van der Waals surface area contributed by atoms with Crippen molar-refractivity contribution in [2.45, 2.75) is 32.0 Å². The van der Waals surface area contributed by atoms with E-state index in [0.717, 1.165) is 5.56 Å². The fraction of sp³-hybridized carbons (Fsp3) is 0.333. The van der Waals surface area contributed by atoms with Crippen molar-refractivity contribution in [2.75, 3.05) is 11.5 Å². The Morgan fingerprint density at radius 3 is 2.40 bits per heavy atom. The van der Waals surface area contributed by atoms with Gasteiger partial charge in [0, 0.05) is 29.8 Å². The van der Waals surface area contributed by atoms with Crippen molar-refractivity contribution in [3.8, 4) is 0 Å². The van der Waals surface area contributed by atoms with Gasteiger partial charge in [0.05, 0.1) is 23.1 Å². The van der Waals surface area contributed by atoms with Crippen molar-refractivity contribution in [3.05, 3.63) is 69.8 Å². The first-order chi connectivity index (χ1) is 14.4. The van der Waals surface area contributed by atoms with Crippen LogP contribution in [0.25, 0.3) is 0 Å². The Bertz CT molecular complexity index is 976. The summed E-state index contributed by atoms with van der Waals surface area (Å²) in [7, 11) is 0. The molecular formula is C21H22N4O5. The number of nitro groups is 1. The van der Waals surface area contributed by atoms with Crippen molar-refractivity contribution in [2.24, 2.45) is 5.92 Å². The standard InChI is InChI=1S/C21H22N4O5/c1-3-30-21(27)14-6-8-15(9-7-14)24-19(13-4-10-16(11-5-13)25(28)29)17-12(2)22-23-18(17)20(24)26/h4-12,17-19,22-23H,3H2,1-2H3. The third-order valence-corrected chi connectivity index (χ3v) is 5.68. The summed E-state index contributed by atoms with van der Waals surface area (Å²) in [5, 5.41) is 11.0. The minimum absolute atomic E-state index is 0.000633. The van der Waals surface area contributed by atoms with E-state index in [1.807, 2.05) is 6.92 Å². The van der Waals surface area contributed by atoms with Crippen LogP contribution in [0.15, 0.2) is 48.5 Å². The van der Waals surface area contributed by atoms with Crippen molar-refractivity contribution in [3.63, 3.8) is 0 Å². The number of esters is 1. The topological polar surface area (TPSA) is 114 Å². The normalized spacial score (nSPS) is 25.3. The van der Waals surface area contributed by atoms with E-state index < -0.39 is 16.9 Å². The molecule has 2 aromatic carbocycles. The lowest BCUT2D eigenvalue weighted by Gasteiger charge is -2.30. The molecule has 4 atom stereocenters. The van der Waals surface area contributed by atoms with Crippen LogP contribution < -0.4 is 15.8 Å². The molecule has 30 heavy (non-hydrogen) atoms. The van der Waals surface area contributed by atoms with Crippen LogP contribution in [0.1, 0.15) is 35.8 Å². The number of fused-ring (bicyclic) bond motifs is 1. The van der Waals surface area contributed by atoms with E-state index >= 15 is 0 Å². The molecule has 156 valence electrons. The van der Waals surface area contributed by atoms with Gasteiger partial charge in [-0.05, 0) is 43.7 Å². The summed E-state index contributed by atoms with van der Waals surface area (Å²) < 4.78 is 5.02. The number of benzene rings is 2. The second kappa shape index (κ2) is 7.85. The predicted molar refractivity (Wildman–Crippen MR) is 109 cm³/mol. The van der Waals surface area contributed by atoms with E-state index in [1.54, 1.807) is 48.2 Å². The first kappa shape index (κ1) is 20.0. The summed E-state index contributed by atoms with van der Waals surface area (Å²) in [6, 6.07) is 12.3. The first-order valence-corrected chi connectivity index (χ1v) is 9.78. The zero-order valence-electron chi connectivity index (χ0n) is 16.6. The highest BCUT2D eigenvalue weighted by atomic mass is 16.6. The van der Waals surface area contributed by atoms with Crippen LogP contribution in [0.3, 0.4) is 0 Å². The van der Waals surface area contributed by atoms with Gasteiger partial charge in [-0.3, -0.25) is 20.3 Å². The number of nitrogens with zero attached hydrogens (tertiary/aromatic N) is 2. The van der Waals surface area contributed by atoms with Crippen LogP contribution in [0.5, 0.6) is 0 Å². The summed E-state index contributed by atoms with van der Waals surface area (Å²) >= 11 is 0. The number of hydrogen-bond acceptors (Lipinski definition) is 7. The van der Waals surface area contributed by atoms with Gasteiger partial charge in [0.2, 0.25) is 5.91 Å². The molecule has 0 aliphatic carbocycles. The Balaban J connectivity index is 1.72. The third-order valence-electron chi connectivity index (χ3n) is 5.68. The Morgan fingerprint density at radius 2 is 1.80 bits per heavy atom. The van der Waals surface area contributed by atoms with Crippen LogP contribution in [0, 0.1) is 16.0 Å². The number of non-ortho nitro benzene ring substituents is 1. The Kier molecular flexibility index (Phi) is 5.23. The molecule has 2 N–H and O–H groups in total. The summed E-state index contributed by atoms with van der Waals surface area (Å²) in [5.41, 5.74) is 8.07. The van der Waals surface area contributed by atoms with E-state index in [2.05, 4.69) is 10.9 Å². The zero-order chi connectivity index (χ0) is 21.4. The lowest BCUT2D eigenvalue weighted by atomic mass is 9.87. The average molecular weight is 410 g/mol. The van der Waals surface area contributed by atoms with Crippen molar-refractivity contribution in [1.82, 2.24) is 10.9 Å². The van der Waals surface area contributed by atoms with Gasteiger partial charge in [0.1, 0.15) is 6.04 Å². The van der Waals surface area contributed by atoms with Gasteiger partial charge in [-0.2, -0.15) is 0 Å². The number of hydrogen-bond donors (Lipinski definition) is 2. The lowest BCUT2D eigenvalue weighted by Crippen LogP contribution is -2.42. The minimum Gasteiger partial charge on any atom is -0.462 e. The SMILES string of the molecule is CCOC(=O)c1ccc(N2C(=O)C3NNC(C)C3C2c2ccc([N+](=O)[O-])cc2)cc1. The monoisotopic (exact) mass is 410 g/mol. The molecule has 0 bridgehead atoms. The zero-order valence-corrected chi connectivity index (χ0v) is 16.6. The van der Waals surface area contributed by atoms with Crippen LogP contribution >= 0.6 is 0 Å². The highest BCUT2D eigenvalue weighted by Crippen LogP contribution is 2.44. The highest BCUT2D eigenvalue weighted by Gasteiger charge is 2.54. The summed E-state index contributed by atoms with van der Waals surface area (Å²) in [6.07, 6.45) is 0. The van der Waals surface area contributed by atoms with Gasteiger partial charge in [-0.1, -0.05) is 12.1 Å². The Morgan fingerprint density at radius 1 is 1.13 bits per heavy atom. The maximum Gasteiger partial charge on any atom is 0.338 e. The maximum absolute atomic E-state index is 13.2. The van der Waals surface area contributed by atoms with Crippen LogP contribution in [-0.4, -0.2) is 35.5 Å². The molecule has 1 amide bonds. The van der Waals surface area contributed by atoms with Crippen molar-refractivity contribution in [1.29, 1.82) is 0 Å². The molecule has 0 aromatic heterocycles. The number of anilines is 1. The van der Waals surface area contributed by atoms with E-state index in [4.69, 9.17) is 4.74 Å². The molecule has 4 unspecified atom stereocenters. The van der Waals surface area contributed by atoms with Gasteiger partial charge < -0.3 is 9.64 Å². The van der Waals surface area contributed by atoms with E-state index in [9.17, 15) is 19.7 Å². The molecule has 0 radical (unpaired) electrons. The molecule has 2 saturated heterocycles. The fourth-order valence-electron chi connectivity index (χ4n) is 4.27. The van der Waals surface area contributed by atoms with E-state index in [-0.39, 0.29) is 36.2 Å².